The van der Waals surface area contributed by atoms with Crippen LogP contribution in [0.5, 0.6) is 11.5 Å². The minimum absolute atomic E-state index is 0.185. The molecule has 0 atom stereocenters. The summed E-state index contributed by atoms with van der Waals surface area (Å²) in [6.45, 7) is 1.79. The van der Waals surface area contributed by atoms with E-state index in [0.717, 1.165) is 11.1 Å². The average molecular weight is 489 g/mol. The smallest absolute Gasteiger partial charge is 0.326 e. The molecule has 3 aromatic rings. The Labute approximate surface area is 209 Å². The number of aryl methyl sites for hydroxylation is 1. The summed E-state index contributed by atoms with van der Waals surface area (Å²) in [5.41, 5.74) is 3.48. The minimum Gasteiger partial charge on any atom is -0.497 e. The van der Waals surface area contributed by atoms with E-state index in [1.165, 1.54) is 9.80 Å². The van der Waals surface area contributed by atoms with Gasteiger partial charge in [0, 0.05) is 17.8 Å². The molecule has 0 saturated heterocycles. The quantitative estimate of drug-likeness (QED) is 0.528. The first-order valence-corrected chi connectivity index (χ1v) is 11.4. The number of amides is 4. The van der Waals surface area contributed by atoms with Gasteiger partial charge in [0.2, 0.25) is 11.8 Å². The number of fused-ring (bicyclic) bond motifs is 1. The molecule has 0 aliphatic carbocycles. The van der Waals surface area contributed by atoms with Crippen LogP contribution in [0.4, 0.5) is 21.9 Å². The van der Waals surface area contributed by atoms with E-state index in [2.05, 4.69) is 10.6 Å². The van der Waals surface area contributed by atoms with Crippen LogP contribution in [0.2, 0.25) is 0 Å². The van der Waals surface area contributed by atoms with E-state index in [-0.39, 0.29) is 31.4 Å². The lowest BCUT2D eigenvalue weighted by atomic mass is 10.1. The second-order valence-electron chi connectivity index (χ2n) is 8.31. The molecule has 0 spiro atoms. The highest BCUT2D eigenvalue weighted by Crippen LogP contribution is 2.33. The van der Waals surface area contributed by atoms with E-state index < -0.39 is 6.03 Å². The van der Waals surface area contributed by atoms with Crippen molar-refractivity contribution in [2.75, 3.05) is 42.4 Å². The third-order valence-electron chi connectivity index (χ3n) is 5.87. The molecule has 0 fully saturated rings. The fourth-order valence-corrected chi connectivity index (χ4v) is 3.96. The van der Waals surface area contributed by atoms with Gasteiger partial charge in [-0.05, 0) is 49.4 Å². The number of methoxy groups -OCH3 is 2. The van der Waals surface area contributed by atoms with Crippen LogP contribution in [-0.2, 0) is 16.1 Å². The summed E-state index contributed by atoms with van der Waals surface area (Å²) in [6.07, 6.45) is 0. The topological polar surface area (TPSA) is 100 Å². The van der Waals surface area contributed by atoms with E-state index in [0.29, 0.717) is 28.6 Å². The molecule has 4 rings (SSSR count). The molecular weight excluding hydrogens is 460 g/mol. The monoisotopic (exact) mass is 488 g/mol. The average Bonchev–Trinajstić information content (AvgIpc) is 2.89. The molecule has 36 heavy (non-hydrogen) atoms. The van der Waals surface area contributed by atoms with E-state index in [1.807, 2.05) is 19.1 Å². The van der Waals surface area contributed by atoms with Crippen molar-refractivity contribution in [3.05, 3.63) is 77.9 Å². The van der Waals surface area contributed by atoms with Gasteiger partial charge in [0.1, 0.15) is 24.6 Å². The van der Waals surface area contributed by atoms with Crippen LogP contribution in [-0.4, -0.2) is 45.2 Å². The molecule has 0 radical (unpaired) electrons. The Balaban J connectivity index is 1.47. The van der Waals surface area contributed by atoms with Gasteiger partial charge < -0.3 is 20.1 Å². The van der Waals surface area contributed by atoms with Crippen molar-refractivity contribution >= 4 is 34.9 Å². The lowest BCUT2D eigenvalue weighted by molar-refractivity contribution is -0.123. The number of anilines is 3. The van der Waals surface area contributed by atoms with Gasteiger partial charge in [0.25, 0.3) is 0 Å². The Morgan fingerprint density at radius 3 is 2.36 bits per heavy atom. The normalized spacial score (nSPS) is 12.6. The van der Waals surface area contributed by atoms with Crippen LogP contribution in [0, 0.1) is 6.92 Å². The van der Waals surface area contributed by atoms with Crippen LogP contribution in [0.25, 0.3) is 0 Å². The molecular formula is C27H28N4O5. The number of rotatable bonds is 7. The molecule has 186 valence electrons. The zero-order valence-corrected chi connectivity index (χ0v) is 20.4. The Hall–Kier alpha value is -4.53. The Kier molecular flexibility index (Phi) is 7.39. The van der Waals surface area contributed by atoms with E-state index in [9.17, 15) is 14.4 Å². The third kappa shape index (κ3) is 5.41. The van der Waals surface area contributed by atoms with Gasteiger partial charge in [0.15, 0.2) is 0 Å². The number of carbonyl (C=O) groups is 3. The van der Waals surface area contributed by atoms with Crippen molar-refractivity contribution in [3.63, 3.8) is 0 Å². The van der Waals surface area contributed by atoms with E-state index >= 15 is 0 Å². The van der Waals surface area contributed by atoms with Gasteiger partial charge in [-0.2, -0.15) is 0 Å². The zero-order valence-electron chi connectivity index (χ0n) is 20.4. The maximum Gasteiger partial charge on any atom is 0.326 e. The molecule has 3 aromatic carbocycles. The van der Waals surface area contributed by atoms with Crippen molar-refractivity contribution in [2.24, 2.45) is 0 Å². The van der Waals surface area contributed by atoms with Crippen LogP contribution >= 0.6 is 0 Å². The lowest BCUT2D eigenvalue weighted by Crippen LogP contribution is -2.52. The minimum atomic E-state index is -0.422. The molecule has 9 heteroatoms. The first-order valence-electron chi connectivity index (χ1n) is 11.4. The highest BCUT2D eigenvalue weighted by molar-refractivity contribution is 6.15. The Morgan fingerprint density at radius 1 is 0.944 bits per heavy atom. The van der Waals surface area contributed by atoms with Crippen LogP contribution < -0.4 is 29.9 Å². The molecule has 9 nitrogen and oxygen atoms in total. The molecule has 0 saturated carbocycles. The van der Waals surface area contributed by atoms with Crippen LogP contribution in [0.15, 0.2) is 66.7 Å². The molecule has 1 aliphatic rings. The standard InChI is InChI=1S/C27H28N4O5/c1-18-8-10-20(11-9-18)29-27(34)31-17-26(33)30(22-6-4-5-7-23(22)31)16-25(32)28-15-19-14-21(35-2)12-13-24(19)36-3/h4-14H,15-17H2,1-3H3,(H,28,32)(H,29,34). The SMILES string of the molecule is COc1ccc(OC)c(CNC(=O)CN2C(=O)CN(C(=O)Nc3ccc(C)cc3)c3ccccc32)c1. The number of benzene rings is 3. The molecule has 0 bridgehead atoms. The van der Waals surface area contributed by atoms with Crippen molar-refractivity contribution in [3.8, 4) is 11.5 Å². The molecule has 2 N–H and O–H groups in total. The van der Waals surface area contributed by atoms with E-state index in [4.69, 9.17) is 9.47 Å². The van der Waals surface area contributed by atoms with Crippen molar-refractivity contribution in [1.82, 2.24) is 5.32 Å². The molecule has 1 heterocycles. The zero-order chi connectivity index (χ0) is 25.7. The first-order chi connectivity index (χ1) is 17.4. The van der Waals surface area contributed by atoms with E-state index in [1.54, 1.807) is 68.8 Å². The number of carbonyl (C=O) groups excluding carboxylic acids is 3. The summed E-state index contributed by atoms with van der Waals surface area (Å²) in [5.74, 6) is 0.553. The highest BCUT2D eigenvalue weighted by atomic mass is 16.5. The fraction of sp³-hybridized carbons (Fsp3) is 0.222. The lowest BCUT2D eigenvalue weighted by Gasteiger charge is -2.35. The summed E-state index contributed by atoms with van der Waals surface area (Å²) < 4.78 is 10.6. The Morgan fingerprint density at radius 2 is 1.67 bits per heavy atom. The molecule has 1 aliphatic heterocycles. The van der Waals surface area contributed by atoms with Crippen molar-refractivity contribution < 1.29 is 23.9 Å². The maximum absolute atomic E-state index is 13.1. The molecule has 4 amide bonds. The first kappa shape index (κ1) is 24.6. The van der Waals surface area contributed by atoms with Gasteiger partial charge in [-0.15, -0.1) is 0 Å². The Bertz CT molecular complexity index is 1280. The highest BCUT2D eigenvalue weighted by Gasteiger charge is 2.33. The largest absolute Gasteiger partial charge is 0.497 e. The molecule has 0 unspecified atom stereocenters. The van der Waals surface area contributed by atoms with Gasteiger partial charge in [0.05, 0.1) is 25.6 Å². The van der Waals surface area contributed by atoms with Gasteiger partial charge >= 0.3 is 6.03 Å². The summed E-state index contributed by atoms with van der Waals surface area (Å²) in [7, 11) is 3.12. The summed E-state index contributed by atoms with van der Waals surface area (Å²) >= 11 is 0. The number of urea groups is 1. The van der Waals surface area contributed by atoms with Crippen LogP contribution in [0.3, 0.4) is 0 Å². The predicted molar refractivity (Wildman–Crippen MR) is 138 cm³/mol. The number of nitrogens with zero attached hydrogens (tertiary/aromatic N) is 2. The second kappa shape index (κ2) is 10.8. The van der Waals surface area contributed by atoms with Crippen molar-refractivity contribution in [2.45, 2.75) is 13.5 Å². The number of nitrogens with one attached hydrogen (secondary N) is 2. The number of hydrogen-bond acceptors (Lipinski definition) is 5. The maximum atomic E-state index is 13.1. The number of ether oxygens (including phenoxy) is 2. The van der Waals surface area contributed by atoms with Crippen molar-refractivity contribution in [1.29, 1.82) is 0 Å². The van der Waals surface area contributed by atoms with Crippen LogP contribution in [0.1, 0.15) is 11.1 Å². The summed E-state index contributed by atoms with van der Waals surface area (Å²) in [4.78, 5) is 41.6. The number of para-hydroxylation sites is 2. The van der Waals surface area contributed by atoms with Gasteiger partial charge in [-0.1, -0.05) is 29.8 Å². The fourth-order valence-electron chi connectivity index (χ4n) is 3.96. The third-order valence-corrected chi connectivity index (χ3v) is 5.87. The number of hydrogen-bond donors (Lipinski definition) is 2. The second-order valence-corrected chi connectivity index (χ2v) is 8.31. The predicted octanol–water partition coefficient (Wildman–Crippen LogP) is 3.71. The summed E-state index contributed by atoms with van der Waals surface area (Å²) in [6, 6.07) is 19.3. The van der Waals surface area contributed by atoms with Gasteiger partial charge in [-0.25, -0.2) is 4.79 Å². The molecule has 0 aromatic heterocycles. The summed E-state index contributed by atoms with van der Waals surface area (Å²) in [5, 5.41) is 5.66. The van der Waals surface area contributed by atoms with Gasteiger partial charge in [-0.3, -0.25) is 19.4 Å².